The lowest BCUT2D eigenvalue weighted by Crippen LogP contribution is -2.12. The van der Waals surface area contributed by atoms with Gasteiger partial charge in [0.15, 0.2) is 0 Å². The van der Waals surface area contributed by atoms with Crippen LogP contribution in [0.15, 0.2) is 24.5 Å². The van der Waals surface area contributed by atoms with Gasteiger partial charge in [0.25, 0.3) is 0 Å². The number of fused-ring (bicyclic) bond motifs is 1. The zero-order chi connectivity index (χ0) is 11.1. The van der Waals surface area contributed by atoms with E-state index in [4.69, 9.17) is 5.73 Å². The average Bonchev–Trinajstić information content (AvgIpc) is 2.59. The lowest BCUT2D eigenvalue weighted by Gasteiger charge is -2.24. The summed E-state index contributed by atoms with van der Waals surface area (Å²) in [5, 5.41) is 0. The number of pyridine rings is 1. The molecule has 1 fully saturated rings. The van der Waals surface area contributed by atoms with E-state index in [-0.39, 0.29) is 6.04 Å². The summed E-state index contributed by atoms with van der Waals surface area (Å²) in [4.78, 5) is 4.54. The largest absolute Gasteiger partial charge is 0.324 e. The fourth-order valence-electron chi connectivity index (χ4n) is 2.29. The minimum absolute atomic E-state index is 0.0899. The van der Waals surface area contributed by atoms with Crippen LogP contribution in [0.1, 0.15) is 49.5 Å². The molecule has 2 heterocycles. The molecule has 3 nitrogen and oxygen atoms in total. The summed E-state index contributed by atoms with van der Waals surface area (Å²) in [6, 6.07) is 4.33. The second-order valence-corrected chi connectivity index (χ2v) is 4.79. The molecule has 1 atom stereocenters. The Morgan fingerprint density at radius 3 is 2.94 bits per heavy atom. The lowest BCUT2D eigenvalue weighted by atomic mass is 9.85. The summed E-state index contributed by atoms with van der Waals surface area (Å²) < 4.78 is 2.20. The molecule has 3 heteroatoms. The van der Waals surface area contributed by atoms with Crippen molar-refractivity contribution < 1.29 is 0 Å². The Balaban J connectivity index is 2.07. The molecule has 3 rings (SSSR count). The van der Waals surface area contributed by atoms with E-state index in [2.05, 4.69) is 27.7 Å². The molecule has 0 amide bonds. The van der Waals surface area contributed by atoms with E-state index in [0.29, 0.717) is 5.92 Å². The normalized spacial score (nSPS) is 18.6. The third-order valence-electron chi connectivity index (χ3n) is 3.58. The summed E-state index contributed by atoms with van der Waals surface area (Å²) in [6.07, 6.45) is 7.98. The highest BCUT2D eigenvalue weighted by molar-refractivity contribution is 5.49. The molecule has 1 saturated carbocycles. The van der Waals surface area contributed by atoms with Gasteiger partial charge in [0.2, 0.25) is 0 Å². The van der Waals surface area contributed by atoms with Gasteiger partial charge in [-0.1, -0.05) is 6.42 Å². The maximum atomic E-state index is 5.88. The first-order valence-electron chi connectivity index (χ1n) is 5.98. The molecule has 0 radical (unpaired) electrons. The Labute approximate surface area is 95.3 Å². The molecule has 1 aliphatic carbocycles. The molecule has 84 valence electrons. The number of nitrogens with zero attached hydrogens (tertiary/aromatic N) is 2. The summed E-state index contributed by atoms with van der Waals surface area (Å²) >= 11 is 0. The molecule has 16 heavy (non-hydrogen) atoms. The maximum absolute atomic E-state index is 5.88. The van der Waals surface area contributed by atoms with Crippen molar-refractivity contribution in [3.05, 3.63) is 35.9 Å². The van der Waals surface area contributed by atoms with E-state index in [1.54, 1.807) is 0 Å². The zero-order valence-corrected chi connectivity index (χ0v) is 9.56. The number of rotatable bonds is 2. The fourth-order valence-corrected chi connectivity index (χ4v) is 2.29. The van der Waals surface area contributed by atoms with E-state index < -0.39 is 0 Å². The minimum atomic E-state index is 0.0899. The Hall–Kier alpha value is -1.35. The molecule has 1 aliphatic rings. The number of hydrogen-bond donors (Lipinski definition) is 1. The van der Waals surface area contributed by atoms with Gasteiger partial charge in [-0.3, -0.25) is 0 Å². The highest BCUT2D eigenvalue weighted by atomic mass is 15.0. The Kier molecular flexibility index (Phi) is 2.21. The van der Waals surface area contributed by atoms with Crippen molar-refractivity contribution in [3.63, 3.8) is 0 Å². The van der Waals surface area contributed by atoms with Crippen molar-refractivity contribution in [2.75, 3.05) is 0 Å². The van der Waals surface area contributed by atoms with Crippen LogP contribution in [0.25, 0.3) is 5.52 Å². The third-order valence-corrected chi connectivity index (χ3v) is 3.58. The van der Waals surface area contributed by atoms with Gasteiger partial charge in [0.05, 0.1) is 11.7 Å². The lowest BCUT2D eigenvalue weighted by molar-refractivity contribution is 0.400. The van der Waals surface area contributed by atoms with Gasteiger partial charge in [-0.15, -0.1) is 0 Å². The smallest absolute Gasteiger partial charge is 0.116 e. The van der Waals surface area contributed by atoms with Gasteiger partial charge in [-0.05, 0) is 37.5 Å². The highest BCUT2D eigenvalue weighted by Crippen LogP contribution is 2.35. The SMILES string of the molecule is CC(N)c1ccn2c(C3CCC3)ncc2c1. The second kappa shape index (κ2) is 3.59. The predicted molar refractivity (Wildman–Crippen MR) is 64.4 cm³/mol. The molecule has 1 unspecified atom stereocenters. The van der Waals surface area contributed by atoms with Crippen molar-refractivity contribution >= 4 is 5.52 Å². The standard InChI is InChI=1S/C13H17N3/c1-9(14)11-5-6-16-12(7-11)8-15-13(16)10-3-2-4-10/h5-10H,2-4,14H2,1H3. The molecule has 0 bridgehead atoms. The first-order chi connectivity index (χ1) is 7.75. The van der Waals surface area contributed by atoms with E-state index in [9.17, 15) is 0 Å². The molecule has 2 aromatic rings. The molecule has 0 aliphatic heterocycles. The zero-order valence-electron chi connectivity index (χ0n) is 9.56. The Morgan fingerprint density at radius 2 is 2.31 bits per heavy atom. The number of aromatic nitrogens is 2. The predicted octanol–water partition coefficient (Wildman–Crippen LogP) is 2.62. The number of nitrogens with two attached hydrogens (primary N) is 1. The number of imidazole rings is 1. The monoisotopic (exact) mass is 215 g/mol. The second-order valence-electron chi connectivity index (χ2n) is 4.79. The molecular weight excluding hydrogens is 198 g/mol. The van der Waals surface area contributed by atoms with Crippen LogP contribution in [0, 0.1) is 0 Å². The summed E-state index contributed by atoms with van der Waals surface area (Å²) in [5.41, 5.74) is 8.22. The minimum Gasteiger partial charge on any atom is -0.324 e. The molecule has 2 aromatic heterocycles. The Morgan fingerprint density at radius 1 is 1.50 bits per heavy atom. The van der Waals surface area contributed by atoms with Gasteiger partial charge in [-0.25, -0.2) is 4.98 Å². The van der Waals surface area contributed by atoms with Gasteiger partial charge in [0.1, 0.15) is 5.82 Å². The van der Waals surface area contributed by atoms with Crippen molar-refractivity contribution in [3.8, 4) is 0 Å². The van der Waals surface area contributed by atoms with Gasteiger partial charge in [-0.2, -0.15) is 0 Å². The van der Waals surface area contributed by atoms with Crippen molar-refractivity contribution in [2.45, 2.75) is 38.1 Å². The van der Waals surface area contributed by atoms with Crippen LogP contribution in [-0.2, 0) is 0 Å². The Bertz CT molecular complexity index is 509. The molecule has 0 saturated heterocycles. The molecule has 0 spiro atoms. The molecular formula is C13H17N3. The van der Waals surface area contributed by atoms with Crippen molar-refractivity contribution in [1.82, 2.24) is 9.38 Å². The third kappa shape index (κ3) is 1.43. The van der Waals surface area contributed by atoms with Crippen LogP contribution in [0.3, 0.4) is 0 Å². The summed E-state index contributed by atoms with van der Waals surface area (Å²) in [7, 11) is 0. The van der Waals surface area contributed by atoms with Crippen molar-refractivity contribution in [2.24, 2.45) is 5.73 Å². The van der Waals surface area contributed by atoms with Crippen LogP contribution in [0.4, 0.5) is 0 Å². The fraction of sp³-hybridized carbons (Fsp3) is 0.462. The van der Waals surface area contributed by atoms with Crippen LogP contribution >= 0.6 is 0 Å². The van der Waals surface area contributed by atoms with Crippen LogP contribution < -0.4 is 5.73 Å². The summed E-state index contributed by atoms with van der Waals surface area (Å²) in [5.74, 6) is 1.89. The quantitative estimate of drug-likeness (QED) is 0.836. The maximum Gasteiger partial charge on any atom is 0.116 e. The molecule has 2 N–H and O–H groups in total. The van der Waals surface area contributed by atoms with Crippen LogP contribution in [-0.4, -0.2) is 9.38 Å². The first kappa shape index (κ1) is 9.85. The van der Waals surface area contributed by atoms with Gasteiger partial charge < -0.3 is 10.1 Å². The summed E-state index contributed by atoms with van der Waals surface area (Å²) in [6.45, 7) is 2.01. The van der Waals surface area contributed by atoms with E-state index >= 15 is 0 Å². The van der Waals surface area contributed by atoms with E-state index in [0.717, 1.165) is 5.52 Å². The average molecular weight is 215 g/mol. The van der Waals surface area contributed by atoms with Gasteiger partial charge >= 0.3 is 0 Å². The number of hydrogen-bond acceptors (Lipinski definition) is 2. The first-order valence-corrected chi connectivity index (χ1v) is 5.98. The van der Waals surface area contributed by atoms with E-state index in [1.807, 2.05) is 13.1 Å². The molecule has 0 aromatic carbocycles. The topological polar surface area (TPSA) is 43.3 Å². The van der Waals surface area contributed by atoms with Crippen LogP contribution in [0.2, 0.25) is 0 Å². The van der Waals surface area contributed by atoms with Crippen molar-refractivity contribution in [1.29, 1.82) is 0 Å². The van der Waals surface area contributed by atoms with Crippen LogP contribution in [0.5, 0.6) is 0 Å². The highest BCUT2D eigenvalue weighted by Gasteiger charge is 2.23. The van der Waals surface area contributed by atoms with Gasteiger partial charge in [0, 0.05) is 18.2 Å². The van der Waals surface area contributed by atoms with E-state index in [1.165, 1.54) is 30.7 Å².